The molecule has 32 heavy (non-hydrogen) atoms. The van der Waals surface area contributed by atoms with Crippen molar-refractivity contribution in [3.8, 4) is 0 Å². The minimum Gasteiger partial charge on any atom is -0.394 e. The van der Waals surface area contributed by atoms with Gasteiger partial charge in [0.25, 0.3) is 0 Å². The smallest absolute Gasteiger partial charge is 0.111 e. The Hall–Kier alpha value is 2.70. The molecule has 0 saturated heterocycles. The third-order valence-electron chi connectivity index (χ3n) is 0.928. The van der Waals surface area contributed by atoms with E-state index in [1.54, 1.807) is 14.2 Å². The molecule has 0 heterocycles. The van der Waals surface area contributed by atoms with E-state index in [1.807, 2.05) is 0 Å². The van der Waals surface area contributed by atoms with Crippen LogP contribution in [0.4, 0.5) is 9.05 Å². The summed E-state index contributed by atoms with van der Waals surface area (Å²) in [7, 11) is 3.10. The van der Waals surface area contributed by atoms with Crippen molar-refractivity contribution in [1.29, 1.82) is 0 Å². The van der Waals surface area contributed by atoms with Gasteiger partial charge in [-0.2, -0.15) is 9.88 Å². The van der Waals surface area contributed by atoms with Crippen LogP contribution in [0.15, 0.2) is 0 Å². The molecule has 0 aromatic carbocycles. The fourth-order valence-electron chi connectivity index (χ4n) is 0.252. The number of aliphatic hydroxyl groups is 4. The average molecular weight is 1170 g/mol. The Morgan fingerprint density at radius 1 is 0.469 bits per heavy atom. The first-order valence-corrected chi connectivity index (χ1v) is 5.54. The van der Waals surface area contributed by atoms with E-state index < -0.39 is 0 Å². The summed E-state index contributed by atoms with van der Waals surface area (Å²) in [6.07, 6.45) is 0. The minimum absolute atomic E-state index is 0. The molecule has 212 valence electrons. The first-order chi connectivity index (χ1) is 9.66. The Morgan fingerprint density at radius 3 is 0.625 bits per heavy atom. The van der Waals surface area contributed by atoms with Gasteiger partial charge >= 0.3 is 0 Å². The number of halogens is 2. The topological polar surface area (TPSA) is 118 Å². The average Bonchev–Trinajstić information content (AvgIpc) is 2.44. The summed E-state index contributed by atoms with van der Waals surface area (Å²) in [5, 5.41) is 31.3. The standard InChI is InChI=1S/2C3H8O2.2C2H5FO2.8CH4.CH3.3U/c2*1-5-3-2-4;2*3-5-2-1-4;;;;;;;;;;;;/h2*4H,2-3H2,1H3;2*4H,1-2H2;8*1H4;1H3;;;/q;;;;;;;;;;;;-1;;;. The van der Waals surface area contributed by atoms with Gasteiger partial charge in [0.05, 0.1) is 39.6 Å². The predicted molar refractivity (Wildman–Crippen MR) is 126 cm³/mol. The summed E-state index contributed by atoms with van der Waals surface area (Å²) in [4.78, 5) is 5.88. The van der Waals surface area contributed by atoms with Crippen LogP contribution in [0.2, 0.25) is 0 Å². The zero-order valence-electron chi connectivity index (χ0n) is 14.3. The van der Waals surface area contributed by atoms with E-state index in [9.17, 15) is 9.05 Å². The zero-order valence-corrected chi connectivity index (χ0v) is 26.8. The number of rotatable bonds is 8. The number of methoxy groups -OCH3 is 2. The second-order valence-corrected chi connectivity index (χ2v) is 2.51. The number of ether oxygens (including phenoxy) is 2. The maximum absolute atomic E-state index is 10.3. The van der Waals surface area contributed by atoms with Gasteiger partial charge < -0.3 is 37.3 Å². The van der Waals surface area contributed by atoms with E-state index in [-0.39, 0.29) is 200 Å². The molecular formula is C19H61F2O8U3-. The van der Waals surface area contributed by atoms with Crippen LogP contribution in [0, 0.1) is 101 Å². The van der Waals surface area contributed by atoms with Gasteiger partial charge in [-0.3, -0.25) is 0 Å². The van der Waals surface area contributed by atoms with Gasteiger partial charge in [-0.05, 0) is 9.05 Å². The van der Waals surface area contributed by atoms with Gasteiger partial charge in [0.2, 0.25) is 0 Å². The molecule has 0 atom stereocenters. The molecule has 0 spiro atoms. The van der Waals surface area contributed by atoms with Crippen molar-refractivity contribution >= 4 is 0 Å². The second-order valence-electron chi connectivity index (χ2n) is 2.51. The second kappa shape index (κ2) is 167. The monoisotopic (exact) mass is 1170 g/mol. The van der Waals surface area contributed by atoms with Crippen LogP contribution in [0.3, 0.4) is 0 Å². The van der Waals surface area contributed by atoms with E-state index in [0.29, 0.717) is 13.2 Å². The molecule has 0 aromatic rings. The number of hydrogen-bond donors (Lipinski definition) is 4. The predicted octanol–water partition coefficient (Wildman–Crippen LogP) is 4.55. The first kappa shape index (κ1) is 113. The van der Waals surface area contributed by atoms with Crippen molar-refractivity contribution in [3.05, 3.63) is 7.43 Å². The minimum atomic E-state index is -0.253. The molecule has 0 radical (unpaired) electrons. The van der Waals surface area contributed by atoms with Crippen LogP contribution in [0.25, 0.3) is 0 Å². The normalized spacial score (nSPS) is 5.25. The van der Waals surface area contributed by atoms with Crippen molar-refractivity contribution in [1.82, 2.24) is 0 Å². The SMILES string of the molecule is C.C.C.C.C.C.C.C.COCCO.COCCO.OCCOF.OCCOF.[CH3-].[U].[U].[U]. The van der Waals surface area contributed by atoms with Crippen molar-refractivity contribution < 1.29 is 142 Å². The third-order valence-corrected chi connectivity index (χ3v) is 0.928. The van der Waals surface area contributed by atoms with Crippen LogP contribution in [-0.2, 0) is 19.4 Å². The molecular weight excluding hydrogens is 1110 g/mol. The molecule has 0 aliphatic rings. The Morgan fingerprint density at radius 2 is 0.625 bits per heavy atom. The Balaban J connectivity index is -0.00000000677. The third kappa shape index (κ3) is 287. The summed E-state index contributed by atoms with van der Waals surface area (Å²) in [6, 6.07) is 0. The van der Waals surface area contributed by atoms with Crippen LogP contribution in [-0.4, -0.2) is 87.5 Å². The fourth-order valence-corrected chi connectivity index (χ4v) is 0.252. The summed E-state index contributed by atoms with van der Waals surface area (Å²) in [5.74, 6) is 0. The van der Waals surface area contributed by atoms with E-state index in [2.05, 4.69) is 19.4 Å². The maximum Gasteiger partial charge on any atom is 0.111 e. The summed E-state index contributed by atoms with van der Waals surface area (Å²) >= 11 is 0. The molecule has 0 aromatic heterocycles. The summed E-state index contributed by atoms with van der Waals surface area (Å²) < 4.78 is 29.5. The van der Waals surface area contributed by atoms with Gasteiger partial charge in [-0.25, -0.2) is 0 Å². The van der Waals surface area contributed by atoms with E-state index in [0.717, 1.165) is 0 Å². The molecule has 0 unspecified atom stereocenters. The van der Waals surface area contributed by atoms with E-state index in [4.69, 9.17) is 20.4 Å². The van der Waals surface area contributed by atoms with Gasteiger partial charge in [-0.1, -0.05) is 59.4 Å². The van der Waals surface area contributed by atoms with Crippen molar-refractivity contribution in [3.63, 3.8) is 0 Å². The fraction of sp³-hybridized carbons (Fsp3) is 0.947. The molecule has 0 amide bonds. The molecule has 0 saturated carbocycles. The quantitative estimate of drug-likeness (QED) is 0.262. The van der Waals surface area contributed by atoms with Crippen LogP contribution >= 0.6 is 0 Å². The molecule has 0 fully saturated rings. The number of aliphatic hydroxyl groups excluding tert-OH is 4. The number of hydrogen-bond acceptors (Lipinski definition) is 8. The van der Waals surface area contributed by atoms with E-state index in [1.165, 1.54) is 0 Å². The largest absolute Gasteiger partial charge is 0.394 e. The molecule has 0 aliphatic heterocycles. The molecule has 13 heteroatoms. The summed E-state index contributed by atoms with van der Waals surface area (Å²) in [6.45, 7) is 0.181. The summed E-state index contributed by atoms with van der Waals surface area (Å²) in [5.41, 5.74) is 0. The Bertz CT molecular complexity index is 103. The van der Waals surface area contributed by atoms with Crippen molar-refractivity contribution in [2.24, 2.45) is 0 Å². The molecule has 4 N–H and O–H groups in total. The van der Waals surface area contributed by atoms with Crippen molar-refractivity contribution in [2.45, 2.75) is 59.4 Å². The molecule has 0 rings (SSSR count). The van der Waals surface area contributed by atoms with Gasteiger partial charge in [0.15, 0.2) is 0 Å². The molecule has 0 aliphatic carbocycles. The molecule has 8 nitrogen and oxygen atoms in total. The van der Waals surface area contributed by atoms with Gasteiger partial charge in [0.1, 0.15) is 13.2 Å². The van der Waals surface area contributed by atoms with E-state index >= 15 is 0 Å². The van der Waals surface area contributed by atoms with Gasteiger partial charge in [-0.15, -0.1) is 0 Å². The first-order valence-electron chi connectivity index (χ1n) is 5.54. The Kier molecular flexibility index (Phi) is 587. The Labute approximate surface area is 273 Å². The maximum atomic E-state index is 10.3. The van der Waals surface area contributed by atoms with Crippen LogP contribution in [0.5, 0.6) is 0 Å². The van der Waals surface area contributed by atoms with Crippen molar-refractivity contribution in [2.75, 3.05) is 67.1 Å². The van der Waals surface area contributed by atoms with Crippen LogP contribution in [0.1, 0.15) is 59.4 Å². The van der Waals surface area contributed by atoms with Crippen LogP contribution < -0.4 is 0 Å². The van der Waals surface area contributed by atoms with Gasteiger partial charge in [0, 0.05) is 108 Å². The molecule has 0 bridgehead atoms. The zero-order chi connectivity index (χ0) is 16.5.